The van der Waals surface area contributed by atoms with E-state index >= 15 is 0 Å². The second-order valence-electron chi connectivity index (χ2n) is 3.72. The lowest BCUT2D eigenvalue weighted by Gasteiger charge is -2.10. The van der Waals surface area contributed by atoms with Crippen molar-refractivity contribution in [2.24, 2.45) is 0 Å². The first kappa shape index (κ1) is 12.1. The van der Waals surface area contributed by atoms with E-state index in [1.807, 2.05) is 0 Å². The smallest absolute Gasteiger partial charge is 0.134 e. The maximum absolute atomic E-state index is 5.70. The zero-order valence-corrected chi connectivity index (χ0v) is 10.3. The van der Waals surface area contributed by atoms with E-state index in [2.05, 4.69) is 0 Å². The fourth-order valence-corrected chi connectivity index (χ4v) is 1.51. The second-order valence-corrected chi connectivity index (χ2v) is 3.72. The van der Waals surface area contributed by atoms with Crippen LogP contribution >= 0.6 is 0 Å². The van der Waals surface area contributed by atoms with Crippen molar-refractivity contribution in [3.8, 4) is 23.0 Å². The van der Waals surface area contributed by atoms with Gasteiger partial charge in [0.1, 0.15) is 23.0 Å². The van der Waals surface area contributed by atoms with Gasteiger partial charge in [-0.1, -0.05) is 0 Å². The van der Waals surface area contributed by atoms with Crippen LogP contribution in [0, 0.1) is 0 Å². The predicted molar refractivity (Wildman–Crippen MR) is 70.5 cm³/mol. The Morgan fingerprint density at radius 2 is 1.22 bits per heavy atom. The maximum atomic E-state index is 5.70. The van der Waals surface area contributed by atoms with Crippen LogP contribution in [0.25, 0.3) is 0 Å². The minimum absolute atomic E-state index is 0.649. The Hall–Kier alpha value is -2.36. The average molecular weight is 245 g/mol. The van der Waals surface area contributed by atoms with E-state index < -0.39 is 0 Å². The van der Waals surface area contributed by atoms with Crippen LogP contribution in [0.2, 0.25) is 0 Å². The van der Waals surface area contributed by atoms with E-state index in [-0.39, 0.29) is 0 Å². The predicted octanol–water partition coefficient (Wildman–Crippen LogP) is 3.08. The van der Waals surface area contributed by atoms with Gasteiger partial charge in [-0.05, 0) is 24.3 Å². The summed E-state index contributed by atoms with van der Waals surface area (Å²) in [6, 6.07) is 12.6. The van der Waals surface area contributed by atoms with Gasteiger partial charge < -0.3 is 19.9 Å². The molecule has 0 fully saturated rings. The average Bonchev–Trinajstić information content (AvgIpc) is 2.41. The van der Waals surface area contributed by atoms with Gasteiger partial charge in [0.05, 0.1) is 14.2 Å². The van der Waals surface area contributed by atoms with Gasteiger partial charge in [-0.25, -0.2) is 0 Å². The minimum Gasteiger partial charge on any atom is -0.496 e. The molecule has 2 aromatic rings. The first-order valence-corrected chi connectivity index (χ1v) is 5.48. The molecule has 2 aromatic carbocycles. The molecule has 0 saturated heterocycles. The molecule has 4 heteroatoms. The zero-order chi connectivity index (χ0) is 13.0. The molecule has 0 saturated carbocycles. The summed E-state index contributed by atoms with van der Waals surface area (Å²) in [5.74, 6) is 2.72. The highest BCUT2D eigenvalue weighted by molar-refractivity contribution is 5.46. The number of nitrogen functional groups attached to an aromatic ring is 1. The van der Waals surface area contributed by atoms with Gasteiger partial charge in [-0.2, -0.15) is 0 Å². The van der Waals surface area contributed by atoms with Crippen molar-refractivity contribution in [2.75, 3.05) is 20.0 Å². The Balaban J connectivity index is 2.25. The number of anilines is 1. The molecule has 0 bridgehead atoms. The number of nitrogens with two attached hydrogens (primary N) is 1. The van der Waals surface area contributed by atoms with Crippen LogP contribution < -0.4 is 19.9 Å². The number of hydrogen-bond acceptors (Lipinski definition) is 4. The van der Waals surface area contributed by atoms with Crippen molar-refractivity contribution in [3.63, 3.8) is 0 Å². The number of rotatable bonds is 4. The molecule has 94 valence electrons. The van der Waals surface area contributed by atoms with Gasteiger partial charge in [-0.3, -0.25) is 0 Å². The van der Waals surface area contributed by atoms with Crippen LogP contribution in [0.5, 0.6) is 23.0 Å². The molecule has 2 N–H and O–H groups in total. The fourth-order valence-electron chi connectivity index (χ4n) is 1.51. The highest BCUT2D eigenvalue weighted by atomic mass is 16.5. The largest absolute Gasteiger partial charge is 0.496 e. The molecule has 0 heterocycles. The van der Waals surface area contributed by atoms with Gasteiger partial charge in [0, 0.05) is 23.9 Å². The molecule has 0 aliphatic rings. The molecule has 0 atom stereocenters. The van der Waals surface area contributed by atoms with E-state index in [1.54, 1.807) is 56.7 Å². The van der Waals surface area contributed by atoms with Crippen LogP contribution in [-0.2, 0) is 0 Å². The Labute approximate surface area is 106 Å². The molecule has 0 radical (unpaired) electrons. The highest BCUT2D eigenvalue weighted by Crippen LogP contribution is 2.30. The molecule has 0 aliphatic heterocycles. The summed E-state index contributed by atoms with van der Waals surface area (Å²) in [5, 5.41) is 0. The summed E-state index contributed by atoms with van der Waals surface area (Å²) in [6.45, 7) is 0. The maximum Gasteiger partial charge on any atom is 0.134 e. The first-order valence-electron chi connectivity index (χ1n) is 5.48. The van der Waals surface area contributed by atoms with E-state index in [0.29, 0.717) is 28.7 Å². The third kappa shape index (κ3) is 2.85. The first-order chi connectivity index (χ1) is 8.71. The van der Waals surface area contributed by atoms with Crippen LogP contribution in [0.1, 0.15) is 0 Å². The second kappa shape index (κ2) is 5.31. The Bertz CT molecular complexity index is 501. The molecule has 2 rings (SSSR count). The van der Waals surface area contributed by atoms with Gasteiger partial charge in [0.2, 0.25) is 0 Å². The summed E-state index contributed by atoms with van der Waals surface area (Å²) in [6.07, 6.45) is 0. The fraction of sp³-hybridized carbons (Fsp3) is 0.143. The SMILES string of the molecule is COc1cc(OC)cc(Oc2ccc(N)cc2)c1. The Morgan fingerprint density at radius 3 is 1.72 bits per heavy atom. The minimum atomic E-state index is 0.649. The molecule has 0 aliphatic carbocycles. The number of hydrogen-bond donors (Lipinski definition) is 1. The van der Waals surface area contributed by atoms with E-state index in [4.69, 9.17) is 19.9 Å². The molecule has 0 spiro atoms. The molecule has 0 unspecified atom stereocenters. The monoisotopic (exact) mass is 245 g/mol. The number of methoxy groups -OCH3 is 2. The summed E-state index contributed by atoms with van der Waals surface area (Å²) >= 11 is 0. The molecule has 0 amide bonds. The van der Waals surface area contributed by atoms with Crippen molar-refractivity contribution in [1.29, 1.82) is 0 Å². The topological polar surface area (TPSA) is 53.7 Å². The lowest BCUT2D eigenvalue weighted by molar-refractivity contribution is 0.386. The standard InChI is InChI=1S/C14H15NO3/c1-16-12-7-13(17-2)9-14(8-12)18-11-5-3-10(15)4-6-11/h3-9H,15H2,1-2H3. The molecular formula is C14H15NO3. The third-order valence-corrected chi connectivity index (χ3v) is 2.44. The van der Waals surface area contributed by atoms with Crippen molar-refractivity contribution in [1.82, 2.24) is 0 Å². The normalized spacial score (nSPS) is 9.89. The number of benzene rings is 2. The summed E-state index contributed by atoms with van der Waals surface area (Å²) in [5.41, 5.74) is 6.32. The van der Waals surface area contributed by atoms with Crippen LogP contribution in [0.15, 0.2) is 42.5 Å². The Kier molecular flexibility index (Phi) is 3.57. The van der Waals surface area contributed by atoms with Crippen molar-refractivity contribution in [3.05, 3.63) is 42.5 Å². The number of ether oxygens (including phenoxy) is 3. The van der Waals surface area contributed by atoms with Gasteiger partial charge in [0.15, 0.2) is 0 Å². The summed E-state index contributed by atoms with van der Waals surface area (Å²) < 4.78 is 16.1. The zero-order valence-electron chi connectivity index (χ0n) is 10.3. The molecular weight excluding hydrogens is 230 g/mol. The molecule has 18 heavy (non-hydrogen) atoms. The quantitative estimate of drug-likeness (QED) is 0.841. The van der Waals surface area contributed by atoms with Gasteiger partial charge >= 0.3 is 0 Å². The van der Waals surface area contributed by atoms with Crippen molar-refractivity contribution >= 4 is 5.69 Å². The third-order valence-electron chi connectivity index (χ3n) is 2.44. The molecule has 4 nitrogen and oxygen atoms in total. The lowest BCUT2D eigenvalue weighted by atomic mass is 10.3. The lowest BCUT2D eigenvalue weighted by Crippen LogP contribution is -1.90. The van der Waals surface area contributed by atoms with Gasteiger partial charge in [-0.15, -0.1) is 0 Å². The van der Waals surface area contributed by atoms with E-state index in [9.17, 15) is 0 Å². The van der Waals surface area contributed by atoms with Crippen LogP contribution in [0.3, 0.4) is 0 Å². The summed E-state index contributed by atoms with van der Waals surface area (Å²) in [7, 11) is 3.20. The Morgan fingerprint density at radius 1 is 0.722 bits per heavy atom. The van der Waals surface area contributed by atoms with Gasteiger partial charge in [0.25, 0.3) is 0 Å². The van der Waals surface area contributed by atoms with Crippen LogP contribution in [-0.4, -0.2) is 14.2 Å². The van der Waals surface area contributed by atoms with Crippen LogP contribution in [0.4, 0.5) is 5.69 Å². The highest BCUT2D eigenvalue weighted by Gasteiger charge is 2.04. The van der Waals surface area contributed by atoms with E-state index in [1.165, 1.54) is 0 Å². The van der Waals surface area contributed by atoms with Crippen molar-refractivity contribution in [2.45, 2.75) is 0 Å². The molecule has 0 aromatic heterocycles. The van der Waals surface area contributed by atoms with Crippen molar-refractivity contribution < 1.29 is 14.2 Å². The summed E-state index contributed by atoms with van der Waals surface area (Å²) in [4.78, 5) is 0. The van der Waals surface area contributed by atoms with E-state index in [0.717, 1.165) is 0 Å².